The first-order chi connectivity index (χ1) is 9.56. The normalized spacial score (nSPS) is 25.2. The predicted molar refractivity (Wildman–Crippen MR) is 67.8 cm³/mol. The highest BCUT2D eigenvalue weighted by Crippen LogP contribution is 2.39. The van der Waals surface area contributed by atoms with E-state index in [9.17, 15) is 19.2 Å². The van der Waals surface area contributed by atoms with E-state index in [4.69, 9.17) is 0 Å². The fourth-order valence-electron chi connectivity index (χ4n) is 3.29. The Hall–Kier alpha value is -2.24. The number of hydrogen-bond acceptors (Lipinski definition) is 4. The Morgan fingerprint density at radius 1 is 0.650 bits per heavy atom. The lowest BCUT2D eigenvalue weighted by atomic mass is 9.86. The first-order valence-corrected chi connectivity index (χ1v) is 6.69. The standard InChI is InChI=1S/C14H14N2O4/c17-10-4-5-11(18)15(10)14(8-2-1-3-9-14)16-12(19)6-7-13(16)20/h4-7H,1-3,8-9H2. The van der Waals surface area contributed by atoms with E-state index in [0.717, 1.165) is 29.1 Å². The monoisotopic (exact) mass is 274 g/mol. The van der Waals surface area contributed by atoms with Crippen LogP contribution in [0.4, 0.5) is 0 Å². The molecule has 1 fully saturated rings. The van der Waals surface area contributed by atoms with Gasteiger partial charge in [0.15, 0.2) is 0 Å². The van der Waals surface area contributed by atoms with E-state index in [2.05, 4.69) is 0 Å². The molecule has 2 heterocycles. The number of hydrogen-bond donors (Lipinski definition) is 0. The molecule has 104 valence electrons. The number of carbonyl (C=O) groups is 4. The van der Waals surface area contributed by atoms with E-state index in [0.29, 0.717) is 12.8 Å². The zero-order valence-electron chi connectivity index (χ0n) is 10.9. The van der Waals surface area contributed by atoms with Crippen molar-refractivity contribution in [1.82, 2.24) is 9.80 Å². The average molecular weight is 274 g/mol. The third-order valence-electron chi connectivity index (χ3n) is 4.11. The summed E-state index contributed by atoms with van der Waals surface area (Å²) in [6.45, 7) is 0. The van der Waals surface area contributed by atoms with Crippen LogP contribution in [-0.2, 0) is 19.2 Å². The average Bonchev–Trinajstić information content (AvgIpc) is 2.94. The highest BCUT2D eigenvalue weighted by molar-refractivity contribution is 6.17. The van der Waals surface area contributed by atoms with Gasteiger partial charge in [-0.3, -0.25) is 29.0 Å². The van der Waals surface area contributed by atoms with Crippen molar-refractivity contribution in [3.05, 3.63) is 24.3 Å². The van der Waals surface area contributed by atoms with Crippen molar-refractivity contribution in [1.29, 1.82) is 0 Å². The summed E-state index contributed by atoms with van der Waals surface area (Å²) in [7, 11) is 0. The topological polar surface area (TPSA) is 74.8 Å². The molecule has 6 nitrogen and oxygen atoms in total. The Labute approximate surface area is 115 Å². The van der Waals surface area contributed by atoms with Crippen LogP contribution in [0.1, 0.15) is 32.1 Å². The molecule has 0 aromatic rings. The molecule has 1 saturated carbocycles. The molecule has 6 heteroatoms. The third kappa shape index (κ3) is 1.64. The summed E-state index contributed by atoms with van der Waals surface area (Å²) in [6.07, 6.45) is 8.18. The highest BCUT2D eigenvalue weighted by Gasteiger charge is 2.53. The summed E-state index contributed by atoms with van der Waals surface area (Å²) < 4.78 is 0. The Morgan fingerprint density at radius 3 is 1.35 bits per heavy atom. The molecule has 0 spiro atoms. The number of carbonyl (C=O) groups excluding carboxylic acids is 4. The first-order valence-electron chi connectivity index (χ1n) is 6.69. The summed E-state index contributed by atoms with van der Waals surface area (Å²) in [5, 5.41) is 0. The van der Waals surface area contributed by atoms with Crippen LogP contribution in [0.2, 0.25) is 0 Å². The molecule has 0 bridgehead atoms. The van der Waals surface area contributed by atoms with Crippen LogP contribution in [0.5, 0.6) is 0 Å². The maximum atomic E-state index is 12.0. The molecule has 0 aromatic heterocycles. The van der Waals surface area contributed by atoms with E-state index in [1.807, 2.05) is 0 Å². The van der Waals surface area contributed by atoms with Gasteiger partial charge >= 0.3 is 0 Å². The van der Waals surface area contributed by atoms with Gasteiger partial charge in [-0.2, -0.15) is 0 Å². The van der Waals surface area contributed by atoms with Crippen LogP contribution in [0.15, 0.2) is 24.3 Å². The van der Waals surface area contributed by atoms with Crippen molar-refractivity contribution in [2.45, 2.75) is 37.8 Å². The van der Waals surface area contributed by atoms with Gasteiger partial charge in [-0.15, -0.1) is 0 Å². The largest absolute Gasteiger partial charge is 0.269 e. The second-order valence-electron chi connectivity index (χ2n) is 5.23. The summed E-state index contributed by atoms with van der Waals surface area (Å²) in [6, 6.07) is 0. The molecule has 1 aliphatic carbocycles. The third-order valence-corrected chi connectivity index (χ3v) is 4.11. The summed E-state index contributed by atoms with van der Waals surface area (Å²) in [5.74, 6) is -1.82. The molecule has 4 amide bonds. The molecule has 20 heavy (non-hydrogen) atoms. The zero-order valence-corrected chi connectivity index (χ0v) is 10.9. The Kier molecular flexibility index (Phi) is 2.81. The number of imide groups is 2. The van der Waals surface area contributed by atoms with Crippen molar-refractivity contribution in [2.75, 3.05) is 0 Å². The molecule has 0 N–H and O–H groups in total. The van der Waals surface area contributed by atoms with Crippen molar-refractivity contribution in [3.8, 4) is 0 Å². The minimum absolute atomic E-state index is 0.450. The van der Waals surface area contributed by atoms with Gasteiger partial charge in [0.1, 0.15) is 5.66 Å². The quantitative estimate of drug-likeness (QED) is 0.687. The fourth-order valence-corrected chi connectivity index (χ4v) is 3.29. The maximum absolute atomic E-state index is 12.0. The lowest BCUT2D eigenvalue weighted by Crippen LogP contribution is -2.65. The van der Waals surface area contributed by atoms with E-state index in [1.165, 1.54) is 24.3 Å². The SMILES string of the molecule is O=C1C=CC(=O)N1C1(N2C(=O)C=CC2=O)CCCCC1. The van der Waals surface area contributed by atoms with Gasteiger partial charge in [0.05, 0.1) is 0 Å². The molecule has 0 radical (unpaired) electrons. The van der Waals surface area contributed by atoms with E-state index >= 15 is 0 Å². The van der Waals surface area contributed by atoms with Crippen molar-refractivity contribution in [3.63, 3.8) is 0 Å². The predicted octanol–water partition coefficient (Wildman–Crippen LogP) is 0.497. The van der Waals surface area contributed by atoms with Gasteiger partial charge in [-0.05, 0) is 25.7 Å². The Balaban J connectivity index is 2.05. The lowest BCUT2D eigenvalue weighted by molar-refractivity contribution is -0.167. The van der Waals surface area contributed by atoms with Crippen LogP contribution < -0.4 is 0 Å². The summed E-state index contributed by atoms with van der Waals surface area (Å²) in [5.41, 5.74) is -1.13. The van der Waals surface area contributed by atoms with Crippen molar-refractivity contribution >= 4 is 23.6 Å². The fraction of sp³-hybridized carbons (Fsp3) is 0.429. The Bertz CT molecular complexity index is 490. The van der Waals surface area contributed by atoms with Gasteiger partial charge in [0.2, 0.25) is 0 Å². The van der Waals surface area contributed by atoms with Crippen LogP contribution in [0, 0.1) is 0 Å². The number of rotatable bonds is 2. The minimum atomic E-state index is -1.13. The van der Waals surface area contributed by atoms with Crippen LogP contribution in [0.25, 0.3) is 0 Å². The van der Waals surface area contributed by atoms with Gasteiger partial charge in [-0.25, -0.2) is 0 Å². The molecular formula is C14H14N2O4. The van der Waals surface area contributed by atoms with Crippen LogP contribution in [0.3, 0.4) is 0 Å². The second kappa shape index (κ2) is 4.40. The lowest BCUT2D eigenvalue weighted by Gasteiger charge is -2.47. The summed E-state index contributed by atoms with van der Waals surface area (Å²) >= 11 is 0. The molecule has 3 rings (SSSR count). The molecule has 0 aromatic carbocycles. The molecule has 0 unspecified atom stereocenters. The minimum Gasteiger partial charge on any atom is -0.269 e. The van der Waals surface area contributed by atoms with Gasteiger partial charge in [0, 0.05) is 24.3 Å². The smallest absolute Gasteiger partial charge is 0.255 e. The molecule has 2 aliphatic heterocycles. The van der Waals surface area contributed by atoms with Gasteiger partial charge in [0.25, 0.3) is 23.6 Å². The molecule has 3 aliphatic rings. The first kappa shape index (κ1) is 12.8. The zero-order chi connectivity index (χ0) is 14.3. The molecule has 0 saturated heterocycles. The van der Waals surface area contributed by atoms with Gasteiger partial charge < -0.3 is 0 Å². The maximum Gasteiger partial charge on any atom is 0.255 e. The van der Waals surface area contributed by atoms with Crippen LogP contribution in [-0.4, -0.2) is 39.1 Å². The van der Waals surface area contributed by atoms with Crippen molar-refractivity contribution in [2.24, 2.45) is 0 Å². The summed E-state index contributed by atoms with van der Waals surface area (Å²) in [4.78, 5) is 50.2. The van der Waals surface area contributed by atoms with E-state index in [-0.39, 0.29) is 0 Å². The Morgan fingerprint density at radius 2 is 1.00 bits per heavy atom. The molecule has 0 atom stereocenters. The second-order valence-corrected chi connectivity index (χ2v) is 5.23. The highest BCUT2D eigenvalue weighted by atomic mass is 16.2. The molecular weight excluding hydrogens is 260 g/mol. The van der Waals surface area contributed by atoms with E-state index < -0.39 is 29.3 Å². The number of nitrogens with zero attached hydrogens (tertiary/aromatic N) is 2. The van der Waals surface area contributed by atoms with E-state index in [1.54, 1.807) is 0 Å². The number of amides is 4. The van der Waals surface area contributed by atoms with Crippen LogP contribution >= 0.6 is 0 Å². The van der Waals surface area contributed by atoms with Crippen molar-refractivity contribution < 1.29 is 19.2 Å². The van der Waals surface area contributed by atoms with Gasteiger partial charge in [-0.1, -0.05) is 6.42 Å².